The maximum atomic E-state index is 14.0. The number of halogens is 1. The van der Waals surface area contributed by atoms with E-state index >= 15 is 0 Å². The Morgan fingerprint density at radius 1 is 1.10 bits per heavy atom. The summed E-state index contributed by atoms with van der Waals surface area (Å²) < 4.78 is 13.7. The van der Waals surface area contributed by atoms with Crippen LogP contribution in [0.15, 0.2) is 30.3 Å². The minimum absolute atomic E-state index is 0.00856. The van der Waals surface area contributed by atoms with Crippen molar-refractivity contribution >= 4 is 5.91 Å². The number of alkyl halides is 1. The molecule has 4 aliphatic carbocycles. The number of carbonyl (C=O) groups is 1. The summed E-state index contributed by atoms with van der Waals surface area (Å²) in [5.74, 6) is 0.917. The Kier molecular flexibility index (Phi) is 4.77. The van der Waals surface area contributed by atoms with E-state index in [-0.39, 0.29) is 22.9 Å². The Bertz CT molecular complexity index is 763. The van der Waals surface area contributed by atoms with Crippen molar-refractivity contribution in [3.63, 3.8) is 0 Å². The third kappa shape index (κ3) is 3.13. The Labute approximate surface area is 174 Å². The molecule has 4 atom stereocenters. The van der Waals surface area contributed by atoms with E-state index in [0.29, 0.717) is 24.3 Å². The van der Waals surface area contributed by atoms with Crippen LogP contribution >= 0.6 is 0 Å². The van der Waals surface area contributed by atoms with Gasteiger partial charge in [-0.3, -0.25) is 9.18 Å². The average molecular weight is 399 g/mol. The molecule has 29 heavy (non-hydrogen) atoms. The first-order valence-corrected chi connectivity index (χ1v) is 11.6. The molecule has 2 unspecified atom stereocenters. The summed E-state index contributed by atoms with van der Waals surface area (Å²) in [6, 6.07) is 11.2. The van der Waals surface area contributed by atoms with Gasteiger partial charge in [0.05, 0.1) is 12.1 Å². The van der Waals surface area contributed by atoms with Crippen LogP contribution in [0, 0.1) is 16.7 Å². The van der Waals surface area contributed by atoms with E-state index in [1.54, 1.807) is 0 Å². The van der Waals surface area contributed by atoms with Crippen LogP contribution in [0.5, 0.6) is 0 Å². The van der Waals surface area contributed by atoms with Gasteiger partial charge in [-0.1, -0.05) is 30.3 Å². The first kappa shape index (κ1) is 19.5. The number of nitrogens with one attached hydrogen (secondary N) is 1. The number of amides is 1. The van der Waals surface area contributed by atoms with Gasteiger partial charge in [0, 0.05) is 13.1 Å². The molecule has 1 N–H and O–H groups in total. The Balaban J connectivity index is 1.52. The van der Waals surface area contributed by atoms with Gasteiger partial charge < -0.3 is 10.2 Å². The fraction of sp³-hybridized carbons (Fsp3) is 0.720. The number of rotatable bonds is 5. The summed E-state index contributed by atoms with van der Waals surface area (Å²) in [6.07, 6.45) is 8.97. The highest BCUT2D eigenvalue weighted by Crippen LogP contribution is 2.71. The summed E-state index contributed by atoms with van der Waals surface area (Å²) >= 11 is 0. The lowest BCUT2D eigenvalue weighted by molar-refractivity contribution is -0.175. The monoisotopic (exact) mass is 398 g/mol. The topological polar surface area (TPSA) is 32.3 Å². The first-order valence-electron chi connectivity index (χ1n) is 11.6. The van der Waals surface area contributed by atoms with Crippen LogP contribution in [0.25, 0.3) is 0 Å². The van der Waals surface area contributed by atoms with Crippen LogP contribution in [0.2, 0.25) is 0 Å². The largest absolute Gasteiger partial charge is 0.342 e. The molecule has 1 aromatic carbocycles. The van der Waals surface area contributed by atoms with Crippen molar-refractivity contribution in [1.29, 1.82) is 0 Å². The molecule has 1 amide bonds. The molecule has 5 aliphatic rings. The minimum atomic E-state index is -0.288. The molecule has 0 spiro atoms. The summed E-state index contributed by atoms with van der Waals surface area (Å²) in [5, 5.41) is 3.41. The Morgan fingerprint density at radius 2 is 1.86 bits per heavy atom. The SMILES string of the molecule is CN(C(=O)C12CC3C[C@@](CCF)(C1)C[C@](c1ccccc1)(C3)C2)C1CCNCC1. The van der Waals surface area contributed by atoms with Gasteiger partial charge in [-0.2, -0.15) is 0 Å². The van der Waals surface area contributed by atoms with E-state index in [1.165, 1.54) is 12.0 Å². The van der Waals surface area contributed by atoms with E-state index in [9.17, 15) is 9.18 Å². The van der Waals surface area contributed by atoms with Crippen LogP contribution in [0.3, 0.4) is 0 Å². The van der Waals surface area contributed by atoms with Gasteiger partial charge in [0.2, 0.25) is 5.91 Å². The van der Waals surface area contributed by atoms with Crippen LogP contribution in [0.4, 0.5) is 4.39 Å². The van der Waals surface area contributed by atoms with Crippen LogP contribution in [-0.2, 0) is 10.2 Å². The molecule has 4 saturated carbocycles. The van der Waals surface area contributed by atoms with Crippen molar-refractivity contribution in [2.24, 2.45) is 16.7 Å². The molecule has 1 aromatic rings. The van der Waals surface area contributed by atoms with E-state index in [0.717, 1.165) is 58.0 Å². The highest BCUT2D eigenvalue weighted by atomic mass is 19.1. The van der Waals surface area contributed by atoms with Crippen LogP contribution < -0.4 is 5.32 Å². The predicted octanol–water partition coefficient (Wildman–Crippen LogP) is 4.46. The summed E-state index contributed by atoms with van der Waals surface area (Å²) in [5.41, 5.74) is 1.16. The summed E-state index contributed by atoms with van der Waals surface area (Å²) in [6.45, 7) is 1.74. The van der Waals surface area contributed by atoms with Crippen molar-refractivity contribution in [2.45, 2.75) is 69.2 Å². The molecular formula is C25H35FN2O. The van der Waals surface area contributed by atoms with Gasteiger partial charge in [0.1, 0.15) is 0 Å². The average Bonchev–Trinajstić information content (AvgIpc) is 2.73. The zero-order valence-corrected chi connectivity index (χ0v) is 17.8. The molecule has 4 heteroatoms. The van der Waals surface area contributed by atoms with Crippen LogP contribution in [0.1, 0.15) is 63.4 Å². The molecule has 0 radical (unpaired) electrons. The molecule has 1 aliphatic heterocycles. The van der Waals surface area contributed by atoms with E-state index in [2.05, 4.69) is 40.5 Å². The lowest BCUT2D eigenvalue weighted by Gasteiger charge is -2.67. The van der Waals surface area contributed by atoms with Gasteiger partial charge in [-0.05, 0) is 93.2 Å². The number of piperidine rings is 1. The van der Waals surface area contributed by atoms with Gasteiger partial charge in [0.15, 0.2) is 0 Å². The van der Waals surface area contributed by atoms with Crippen molar-refractivity contribution in [1.82, 2.24) is 10.2 Å². The zero-order valence-electron chi connectivity index (χ0n) is 17.8. The van der Waals surface area contributed by atoms with Gasteiger partial charge >= 0.3 is 0 Å². The van der Waals surface area contributed by atoms with Crippen molar-refractivity contribution in [3.8, 4) is 0 Å². The summed E-state index contributed by atoms with van der Waals surface area (Å²) in [4.78, 5) is 16.1. The maximum absolute atomic E-state index is 14.0. The number of nitrogens with zero attached hydrogens (tertiary/aromatic N) is 1. The Morgan fingerprint density at radius 3 is 2.59 bits per heavy atom. The van der Waals surface area contributed by atoms with Crippen molar-refractivity contribution < 1.29 is 9.18 Å². The first-order chi connectivity index (χ1) is 14.0. The lowest BCUT2D eigenvalue weighted by Crippen LogP contribution is -2.63. The zero-order chi connectivity index (χ0) is 20.1. The highest BCUT2D eigenvalue weighted by molar-refractivity contribution is 5.84. The van der Waals surface area contributed by atoms with Crippen molar-refractivity contribution in [2.75, 3.05) is 26.8 Å². The second-order valence-corrected chi connectivity index (χ2v) is 10.8. The number of benzene rings is 1. The fourth-order valence-corrected chi connectivity index (χ4v) is 8.20. The third-order valence-electron chi connectivity index (χ3n) is 8.83. The molecule has 4 bridgehead atoms. The smallest absolute Gasteiger partial charge is 0.228 e. The second kappa shape index (κ2) is 7.08. The third-order valence-corrected chi connectivity index (χ3v) is 8.83. The fourth-order valence-electron chi connectivity index (χ4n) is 8.20. The van der Waals surface area contributed by atoms with Gasteiger partial charge in [-0.25, -0.2) is 0 Å². The normalized spacial score (nSPS) is 38.9. The Hall–Kier alpha value is -1.42. The standard InChI is InChI=1S/C25H35FN2O/c1-28(21-7-11-27-12-8-21)22(29)25-15-19-13-23(17-25,9-10-26)16-24(14-19,18-25)20-5-3-2-4-6-20/h2-6,19,21,27H,7-18H2,1H3/t19?,23-,24-,25?/m1/s1. The molecular weight excluding hydrogens is 363 g/mol. The molecule has 6 rings (SSSR count). The number of hydrogen-bond donors (Lipinski definition) is 1. The van der Waals surface area contributed by atoms with E-state index < -0.39 is 0 Å². The number of hydrogen-bond acceptors (Lipinski definition) is 2. The molecule has 3 nitrogen and oxygen atoms in total. The predicted molar refractivity (Wildman–Crippen MR) is 113 cm³/mol. The molecule has 0 aromatic heterocycles. The molecule has 158 valence electrons. The number of carbonyl (C=O) groups excluding carboxylic acids is 1. The minimum Gasteiger partial charge on any atom is -0.342 e. The van der Waals surface area contributed by atoms with Gasteiger partial charge in [-0.15, -0.1) is 0 Å². The van der Waals surface area contributed by atoms with Crippen LogP contribution in [-0.4, -0.2) is 43.7 Å². The quantitative estimate of drug-likeness (QED) is 0.794. The van der Waals surface area contributed by atoms with Gasteiger partial charge in [0.25, 0.3) is 0 Å². The molecule has 1 saturated heterocycles. The highest BCUT2D eigenvalue weighted by Gasteiger charge is 2.66. The summed E-state index contributed by atoms with van der Waals surface area (Å²) in [7, 11) is 2.04. The molecule has 5 fully saturated rings. The lowest BCUT2D eigenvalue weighted by atomic mass is 9.37. The van der Waals surface area contributed by atoms with E-state index in [4.69, 9.17) is 0 Å². The second-order valence-electron chi connectivity index (χ2n) is 10.8. The molecule has 1 heterocycles. The van der Waals surface area contributed by atoms with Crippen molar-refractivity contribution in [3.05, 3.63) is 35.9 Å². The van der Waals surface area contributed by atoms with E-state index in [1.807, 2.05) is 7.05 Å². The maximum Gasteiger partial charge on any atom is 0.228 e.